The van der Waals surface area contributed by atoms with Crippen molar-refractivity contribution in [3.05, 3.63) is 71.3 Å². The molecule has 4 N–H and O–H groups in total. The molecule has 0 aliphatic rings. The van der Waals surface area contributed by atoms with Gasteiger partial charge in [0.2, 0.25) is 0 Å². The van der Waals surface area contributed by atoms with Crippen LogP contribution in [-0.2, 0) is 4.79 Å². The lowest BCUT2D eigenvalue weighted by Gasteiger charge is -2.06. The van der Waals surface area contributed by atoms with Crippen molar-refractivity contribution in [2.45, 2.75) is 0 Å². The number of anilines is 1. The number of nitriles is 1. The Morgan fingerprint density at radius 3 is 2.36 bits per heavy atom. The molecular formula is C18H14N4O3. The topological polar surface area (TPSA) is 129 Å². The number of primary amides is 1. The molecule has 0 aliphatic carbocycles. The van der Waals surface area contributed by atoms with Crippen LogP contribution in [0.25, 0.3) is 5.57 Å². The van der Waals surface area contributed by atoms with Crippen LogP contribution in [0.15, 0.2) is 65.3 Å². The lowest BCUT2D eigenvalue weighted by atomic mass is 10.0. The van der Waals surface area contributed by atoms with E-state index in [9.17, 15) is 14.9 Å². The van der Waals surface area contributed by atoms with E-state index in [0.29, 0.717) is 5.56 Å². The molecule has 0 aliphatic heterocycles. The Morgan fingerprint density at radius 1 is 1.12 bits per heavy atom. The maximum absolute atomic E-state index is 11.5. The summed E-state index contributed by atoms with van der Waals surface area (Å²) in [6.07, 6.45) is 1.26. The molecule has 0 bridgehead atoms. The van der Waals surface area contributed by atoms with Gasteiger partial charge in [-0.15, -0.1) is 0 Å². The van der Waals surface area contributed by atoms with Crippen molar-refractivity contribution >= 4 is 29.4 Å². The van der Waals surface area contributed by atoms with Crippen LogP contribution in [0.2, 0.25) is 0 Å². The second-order valence-electron chi connectivity index (χ2n) is 4.85. The summed E-state index contributed by atoms with van der Waals surface area (Å²) in [4.78, 5) is 22.7. The quantitative estimate of drug-likeness (QED) is 0.323. The van der Waals surface area contributed by atoms with Gasteiger partial charge in [-0.2, -0.15) is 10.4 Å². The van der Waals surface area contributed by atoms with Gasteiger partial charge in [0.25, 0.3) is 5.91 Å². The van der Waals surface area contributed by atoms with Gasteiger partial charge in [0.15, 0.2) is 0 Å². The molecule has 0 fully saturated rings. The number of nitrogens with two attached hydrogens (primary N) is 1. The zero-order valence-electron chi connectivity index (χ0n) is 13.0. The fourth-order valence-corrected chi connectivity index (χ4v) is 2.08. The number of amides is 1. The summed E-state index contributed by atoms with van der Waals surface area (Å²) in [7, 11) is 0. The Balaban J connectivity index is 2.39. The van der Waals surface area contributed by atoms with E-state index in [2.05, 4.69) is 10.5 Å². The summed E-state index contributed by atoms with van der Waals surface area (Å²) in [6, 6.07) is 16.7. The van der Waals surface area contributed by atoms with Crippen molar-refractivity contribution in [2.24, 2.45) is 10.8 Å². The maximum atomic E-state index is 11.5. The van der Waals surface area contributed by atoms with E-state index in [0.717, 1.165) is 0 Å². The minimum absolute atomic E-state index is 0.0419. The van der Waals surface area contributed by atoms with E-state index in [1.165, 1.54) is 12.3 Å². The summed E-state index contributed by atoms with van der Waals surface area (Å²) < 4.78 is 0. The molecular weight excluding hydrogens is 320 g/mol. The molecule has 25 heavy (non-hydrogen) atoms. The number of benzene rings is 2. The average molecular weight is 334 g/mol. The molecule has 2 aromatic rings. The van der Waals surface area contributed by atoms with Gasteiger partial charge in [-0.3, -0.25) is 10.2 Å². The molecule has 0 unspecified atom stereocenters. The lowest BCUT2D eigenvalue weighted by molar-refractivity contribution is -0.114. The monoisotopic (exact) mass is 334 g/mol. The van der Waals surface area contributed by atoms with Gasteiger partial charge in [0, 0.05) is 5.57 Å². The molecule has 0 saturated heterocycles. The normalized spacial score (nSPS) is 11.5. The number of aromatic carboxylic acids is 1. The van der Waals surface area contributed by atoms with Crippen LogP contribution in [0.5, 0.6) is 0 Å². The Morgan fingerprint density at radius 2 is 1.76 bits per heavy atom. The van der Waals surface area contributed by atoms with Crippen LogP contribution in [0.1, 0.15) is 15.9 Å². The van der Waals surface area contributed by atoms with Gasteiger partial charge >= 0.3 is 5.97 Å². The van der Waals surface area contributed by atoms with E-state index in [1.54, 1.807) is 54.6 Å². The number of hydrogen-bond donors (Lipinski definition) is 3. The predicted octanol–water partition coefficient (Wildman–Crippen LogP) is 2.25. The molecule has 0 spiro atoms. The minimum atomic E-state index is -1.10. The van der Waals surface area contributed by atoms with E-state index >= 15 is 0 Å². The van der Waals surface area contributed by atoms with E-state index in [-0.39, 0.29) is 22.4 Å². The molecule has 0 heterocycles. The van der Waals surface area contributed by atoms with Crippen molar-refractivity contribution in [1.29, 1.82) is 5.26 Å². The first-order chi connectivity index (χ1) is 12.0. The summed E-state index contributed by atoms with van der Waals surface area (Å²) in [5.74, 6) is -1.98. The van der Waals surface area contributed by atoms with Crippen molar-refractivity contribution < 1.29 is 14.7 Å². The van der Waals surface area contributed by atoms with Crippen LogP contribution in [0.4, 0.5) is 5.69 Å². The third-order valence-corrected chi connectivity index (χ3v) is 3.25. The van der Waals surface area contributed by atoms with E-state index in [1.807, 2.05) is 0 Å². The third-order valence-electron chi connectivity index (χ3n) is 3.25. The molecule has 7 nitrogen and oxygen atoms in total. The maximum Gasteiger partial charge on any atom is 0.337 e. The molecule has 124 valence electrons. The molecule has 0 atom stereocenters. The number of hydrogen-bond acceptors (Lipinski definition) is 5. The van der Waals surface area contributed by atoms with Gasteiger partial charge in [0.1, 0.15) is 11.6 Å². The fourth-order valence-electron chi connectivity index (χ4n) is 2.08. The molecule has 7 heteroatoms. The minimum Gasteiger partial charge on any atom is -0.478 e. The van der Waals surface area contributed by atoms with Gasteiger partial charge in [-0.05, 0) is 17.7 Å². The second-order valence-corrected chi connectivity index (χ2v) is 4.85. The van der Waals surface area contributed by atoms with Gasteiger partial charge in [-0.25, -0.2) is 4.79 Å². The zero-order chi connectivity index (χ0) is 18.2. The number of nitrogens with one attached hydrogen (secondary N) is 1. The van der Waals surface area contributed by atoms with Crippen molar-refractivity contribution in [2.75, 3.05) is 5.43 Å². The third kappa shape index (κ3) is 4.30. The number of carbonyl (C=O) groups excluding carboxylic acids is 1. The molecule has 0 radical (unpaired) electrons. The predicted molar refractivity (Wildman–Crippen MR) is 93.7 cm³/mol. The number of para-hydroxylation sites is 1. The summed E-state index contributed by atoms with van der Waals surface area (Å²) in [5.41, 5.74) is 8.74. The Hall–Kier alpha value is -3.92. The smallest absolute Gasteiger partial charge is 0.337 e. The Labute approximate surface area is 143 Å². The molecule has 1 amide bonds. The summed E-state index contributed by atoms with van der Waals surface area (Å²) in [5, 5.41) is 22.3. The number of carbonyl (C=O) groups is 2. The van der Waals surface area contributed by atoms with Crippen LogP contribution >= 0.6 is 0 Å². The van der Waals surface area contributed by atoms with Crippen LogP contribution in [0, 0.1) is 11.3 Å². The van der Waals surface area contributed by atoms with Crippen LogP contribution in [-0.4, -0.2) is 23.2 Å². The number of carboxylic acid groups (broad SMARTS) is 1. The number of allylic oxidation sites excluding steroid dienone is 1. The second kappa shape index (κ2) is 8.08. The molecule has 2 aromatic carbocycles. The largest absolute Gasteiger partial charge is 0.478 e. The first kappa shape index (κ1) is 17.4. The standard InChI is InChI=1S/C18H14N4O3/c19-10-14(17(20)23)15(12-6-2-1-3-7-12)11-21-22-16-9-5-4-8-13(16)18(24)25/h1-9,11,22H,(H2,20,23)(H,24,25)/b15-14-,21-11-. The summed E-state index contributed by atoms with van der Waals surface area (Å²) in [6.45, 7) is 0. The number of hydrazone groups is 1. The van der Waals surface area contributed by atoms with Gasteiger partial charge < -0.3 is 10.8 Å². The van der Waals surface area contributed by atoms with Crippen LogP contribution in [0.3, 0.4) is 0 Å². The van der Waals surface area contributed by atoms with E-state index < -0.39 is 11.9 Å². The highest BCUT2D eigenvalue weighted by atomic mass is 16.4. The Kier molecular flexibility index (Phi) is 5.63. The fraction of sp³-hybridized carbons (Fsp3) is 0. The average Bonchev–Trinajstić information content (AvgIpc) is 2.61. The van der Waals surface area contributed by atoms with Crippen molar-refractivity contribution in [3.63, 3.8) is 0 Å². The van der Waals surface area contributed by atoms with Crippen LogP contribution < -0.4 is 11.2 Å². The van der Waals surface area contributed by atoms with Gasteiger partial charge in [0.05, 0.1) is 17.5 Å². The van der Waals surface area contributed by atoms with E-state index in [4.69, 9.17) is 10.8 Å². The molecule has 0 saturated carbocycles. The number of carboxylic acids is 1. The van der Waals surface area contributed by atoms with Gasteiger partial charge in [-0.1, -0.05) is 42.5 Å². The SMILES string of the molecule is N#C/C(C(N)=O)=C(\C=N/Nc1ccccc1C(=O)O)c1ccccc1. The van der Waals surface area contributed by atoms with Crippen molar-refractivity contribution in [3.8, 4) is 6.07 Å². The number of rotatable bonds is 6. The Bertz CT molecular complexity index is 896. The molecule has 2 rings (SSSR count). The summed E-state index contributed by atoms with van der Waals surface area (Å²) >= 11 is 0. The first-order valence-electron chi connectivity index (χ1n) is 7.15. The first-order valence-corrected chi connectivity index (χ1v) is 7.15. The highest BCUT2D eigenvalue weighted by Crippen LogP contribution is 2.18. The number of nitrogens with zero attached hydrogens (tertiary/aromatic N) is 2. The highest BCUT2D eigenvalue weighted by molar-refractivity contribution is 6.20. The molecule has 0 aromatic heterocycles. The van der Waals surface area contributed by atoms with Crippen molar-refractivity contribution in [1.82, 2.24) is 0 Å². The zero-order valence-corrected chi connectivity index (χ0v) is 13.0. The highest BCUT2D eigenvalue weighted by Gasteiger charge is 2.13. The lowest BCUT2D eigenvalue weighted by Crippen LogP contribution is -2.15.